The Hall–Kier alpha value is -3.42. The number of H-pyrrole nitrogens is 1. The lowest BCUT2D eigenvalue weighted by Gasteiger charge is -2.37. The molecule has 166 valence electrons. The van der Waals surface area contributed by atoms with Gasteiger partial charge in [0.25, 0.3) is 0 Å². The van der Waals surface area contributed by atoms with Crippen LogP contribution in [0.15, 0.2) is 36.4 Å². The summed E-state index contributed by atoms with van der Waals surface area (Å²) in [4.78, 5) is 31.5. The number of aromatic amines is 1. The van der Waals surface area contributed by atoms with Crippen molar-refractivity contribution in [3.05, 3.63) is 53.3 Å². The summed E-state index contributed by atoms with van der Waals surface area (Å²) in [5.41, 5.74) is 4.21. The van der Waals surface area contributed by atoms with Crippen molar-refractivity contribution in [1.29, 1.82) is 0 Å². The molecule has 1 N–H and O–H groups in total. The second kappa shape index (κ2) is 7.93. The van der Waals surface area contributed by atoms with Crippen LogP contribution in [0, 0.1) is 25.6 Å². The van der Waals surface area contributed by atoms with E-state index in [-0.39, 0.29) is 36.0 Å². The molecule has 0 radical (unpaired) electrons. The normalized spacial score (nSPS) is 19.3. The molecule has 2 aromatic carbocycles. The largest absolute Gasteiger partial charge is 0.368 e. The van der Waals surface area contributed by atoms with E-state index in [1.807, 2.05) is 4.90 Å². The summed E-state index contributed by atoms with van der Waals surface area (Å²) in [5.74, 6) is -0.821. The van der Waals surface area contributed by atoms with Crippen LogP contribution in [0.5, 0.6) is 0 Å². The third kappa shape index (κ3) is 3.49. The molecule has 2 saturated heterocycles. The predicted molar refractivity (Wildman–Crippen MR) is 121 cm³/mol. The Balaban J connectivity index is 1.26. The Labute approximate surface area is 185 Å². The van der Waals surface area contributed by atoms with Gasteiger partial charge in [0.2, 0.25) is 11.8 Å². The van der Waals surface area contributed by atoms with Gasteiger partial charge in [0.15, 0.2) is 5.82 Å². The zero-order valence-corrected chi connectivity index (χ0v) is 18.3. The predicted octanol–water partition coefficient (Wildman–Crippen LogP) is 3.02. The van der Waals surface area contributed by atoms with Crippen molar-refractivity contribution in [3.63, 3.8) is 0 Å². The van der Waals surface area contributed by atoms with E-state index in [9.17, 15) is 14.0 Å². The molecule has 1 aromatic heterocycles. The third-order valence-electron chi connectivity index (χ3n) is 6.53. The minimum atomic E-state index is -0.436. The van der Waals surface area contributed by atoms with E-state index in [1.54, 1.807) is 12.1 Å². The second-order valence-electron chi connectivity index (χ2n) is 8.72. The molecule has 0 aliphatic carbocycles. The van der Waals surface area contributed by atoms with Crippen LogP contribution in [0.2, 0.25) is 0 Å². The molecule has 8 heteroatoms. The monoisotopic (exact) mass is 435 g/mol. The lowest BCUT2D eigenvalue weighted by Crippen LogP contribution is -2.50. The fraction of sp³-hybridized carbons (Fsp3) is 0.375. The molecule has 2 fully saturated rings. The summed E-state index contributed by atoms with van der Waals surface area (Å²) in [6.07, 6.45) is 0.124. The molecule has 2 aliphatic rings. The van der Waals surface area contributed by atoms with Crippen molar-refractivity contribution in [2.75, 3.05) is 42.5 Å². The molecular formula is C24H26FN5O2. The van der Waals surface area contributed by atoms with Gasteiger partial charge in [0, 0.05) is 44.8 Å². The number of anilines is 2. The van der Waals surface area contributed by atoms with Crippen molar-refractivity contribution >= 4 is 34.2 Å². The summed E-state index contributed by atoms with van der Waals surface area (Å²) >= 11 is 0. The van der Waals surface area contributed by atoms with Gasteiger partial charge in [-0.25, -0.2) is 4.39 Å². The molecule has 3 aromatic rings. The number of halogens is 1. The van der Waals surface area contributed by atoms with Crippen molar-refractivity contribution < 1.29 is 14.0 Å². The van der Waals surface area contributed by atoms with Gasteiger partial charge in [0.05, 0.1) is 16.8 Å². The fourth-order valence-corrected chi connectivity index (χ4v) is 4.87. The summed E-state index contributed by atoms with van der Waals surface area (Å²) in [7, 11) is 0. The van der Waals surface area contributed by atoms with Crippen LogP contribution in [-0.2, 0) is 9.59 Å². The van der Waals surface area contributed by atoms with Gasteiger partial charge in [-0.05, 0) is 37.6 Å². The first-order valence-electron chi connectivity index (χ1n) is 11.0. The van der Waals surface area contributed by atoms with Gasteiger partial charge < -0.3 is 9.80 Å². The molecule has 5 rings (SSSR count). The average Bonchev–Trinajstić information content (AvgIpc) is 3.37. The van der Waals surface area contributed by atoms with Crippen LogP contribution in [-0.4, -0.2) is 59.6 Å². The summed E-state index contributed by atoms with van der Waals surface area (Å²) in [6, 6.07) is 11.1. The number of piperazine rings is 1. The van der Waals surface area contributed by atoms with Gasteiger partial charge in [-0.1, -0.05) is 23.8 Å². The number of amides is 2. The van der Waals surface area contributed by atoms with Gasteiger partial charge in [-0.3, -0.25) is 19.6 Å². The maximum absolute atomic E-state index is 14.4. The molecular weight excluding hydrogens is 409 g/mol. The highest BCUT2D eigenvalue weighted by molar-refractivity contribution is 6.05. The van der Waals surface area contributed by atoms with E-state index >= 15 is 0 Å². The first kappa shape index (κ1) is 20.5. The number of hydrogen-bond acceptors (Lipinski definition) is 4. The number of hydrogen-bond donors (Lipinski definition) is 1. The summed E-state index contributed by atoms with van der Waals surface area (Å²) in [5, 5.41) is 7.23. The highest BCUT2D eigenvalue weighted by Crippen LogP contribution is 2.32. The van der Waals surface area contributed by atoms with E-state index < -0.39 is 11.7 Å². The number of nitrogens with one attached hydrogen (secondary N) is 1. The number of aryl methyl sites for hydroxylation is 2. The van der Waals surface area contributed by atoms with Crippen molar-refractivity contribution in [1.82, 2.24) is 15.1 Å². The SMILES string of the molecule is Cc1ccc(N2CCN(C(=O)[C@@H]3CC(=O)N(c4n[nH]c5cccc(F)c45)C3)CC2)c(C)c1. The number of carbonyl (C=O) groups is 2. The number of aromatic nitrogens is 2. The molecule has 0 saturated carbocycles. The van der Waals surface area contributed by atoms with Crippen LogP contribution < -0.4 is 9.80 Å². The lowest BCUT2D eigenvalue weighted by atomic mass is 10.1. The first-order valence-corrected chi connectivity index (χ1v) is 11.0. The van der Waals surface area contributed by atoms with Crippen LogP contribution in [0.3, 0.4) is 0 Å². The zero-order chi connectivity index (χ0) is 22.4. The smallest absolute Gasteiger partial charge is 0.229 e. The highest BCUT2D eigenvalue weighted by atomic mass is 19.1. The fourth-order valence-electron chi connectivity index (χ4n) is 4.87. The standard InChI is InChI=1S/C24H26FN5O2/c1-15-6-7-20(16(2)12-15)28-8-10-29(11-9-28)24(32)17-13-21(31)30(14-17)23-22-18(25)4-3-5-19(22)26-27-23/h3-7,12,17H,8-11,13-14H2,1-2H3,(H,26,27)/t17-/m1/s1. The minimum absolute atomic E-state index is 0.0126. The number of fused-ring (bicyclic) bond motifs is 1. The van der Waals surface area contributed by atoms with E-state index in [2.05, 4.69) is 47.1 Å². The molecule has 0 bridgehead atoms. The van der Waals surface area contributed by atoms with Gasteiger partial charge in [0.1, 0.15) is 5.82 Å². The van der Waals surface area contributed by atoms with Crippen molar-refractivity contribution in [2.45, 2.75) is 20.3 Å². The zero-order valence-electron chi connectivity index (χ0n) is 18.3. The number of nitrogens with zero attached hydrogens (tertiary/aromatic N) is 4. The van der Waals surface area contributed by atoms with Crippen molar-refractivity contribution in [2.24, 2.45) is 5.92 Å². The highest BCUT2D eigenvalue weighted by Gasteiger charge is 2.39. The molecule has 2 aliphatic heterocycles. The minimum Gasteiger partial charge on any atom is -0.368 e. The molecule has 0 spiro atoms. The first-order chi connectivity index (χ1) is 15.4. The number of carbonyl (C=O) groups excluding carboxylic acids is 2. The number of benzene rings is 2. The maximum Gasteiger partial charge on any atom is 0.229 e. The molecule has 0 unspecified atom stereocenters. The third-order valence-corrected chi connectivity index (χ3v) is 6.53. The molecule has 32 heavy (non-hydrogen) atoms. The Morgan fingerprint density at radius 3 is 2.66 bits per heavy atom. The van der Waals surface area contributed by atoms with Crippen LogP contribution in [0.1, 0.15) is 17.5 Å². The number of rotatable bonds is 3. The van der Waals surface area contributed by atoms with Crippen molar-refractivity contribution in [3.8, 4) is 0 Å². The van der Waals surface area contributed by atoms with Crippen LogP contribution in [0.25, 0.3) is 10.9 Å². The molecule has 3 heterocycles. The Kier molecular flexibility index (Phi) is 5.07. The Bertz CT molecular complexity index is 1200. The Morgan fingerprint density at radius 2 is 1.91 bits per heavy atom. The van der Waals surface area contributed by atoms with E-state index in [0.717, 1.165) is 13.1 Å². The van der Waals surface area contributed by atoms with Crippen LogP contribution in [0.4, 0.5) is 15.9 Å². The van der Waals surface area contributed by atoms with Gasteiger partial charge in [-0.2, -0.15) is 5.10 Å². The maximum atomic E-state index is 14.4. The topological polar surface area (TPSA) is 72.5 Å². The average molecular weight is 436 g/mol. The van der Waals surface area contributed by atoms with E-state index in [0.29, 0.717) is 18.6 Å². The summed E-state index contributed by atoms with van der Waals surface area (Å²) in [6.45, 7) is 7.18. The molecule has 2 amide bonds. The van der Waals surface area contributed by atoms with E-state index in [1.165, 1.54) is 27.8 Å². The van der Waals surface area contributed by atoms with Gasteiger partial charge in [-0.15, -0.1) is 0 Å². The summed E-state index contributed by atoms with van der Waals surface area (Å²) < 4.78 is 14.4. The quantitative estimate of drug-likeness (QED) is 0.687. The van der Waals surface area contributed by atoms with Crippen LogP contribution >= 0.6 is 0 Å². The second-order valence-corrected chi connectivity index (χ2v) is 8.72. The van der Waals surface area contributed by atoms with E-state index in [4.69, 9.17) is 0 Å². The molecule has 1 atom stereocenters. The Morgan fingerprint density at radius 1 is 1.12 bits per heavy atom. The molecule has 7 nitrogen and oxygen atoms in total. The lowest BCUT2D eigenvalue weighted by molar-refractivity contribution is -0.136. The van der Waals surface area contributed by atoms with Gasteiger partial charge >= 0.3 is 0 Å².